The number of benzene rings is 1. The molecule has 5 heteroatoms. The Morgan fingerprint density at radius 2 is 2.28 bits per heavy atom. The molecule has 1 atom stereocenters. The molecule has 0 aliphatic heterocycles. The fourth-order valence-corrected chi connectivity index (χ4v) is 2.65. The quantitative estimate of drug-likeness (QED) is 0.872. The van der Waals surface area contributed by atoms with Crippen molar-refractivity contribution in [2.24, 2.45) is 0 Å². The van der Waals surface area contributed by atoms with E-state index in [1.54, 1.807) is 18.4 Å². The number of hydrogen-bond acceptors (Lipinski definition) is 5. The molecule has 0 amide bonds. The second-order valence-electron chi connectivity index (χ2n) is 4.06. The van der Waals surface area contributed by atoms with Gasteiger partial charge in [-0.05, 0) is 32.0 Å². The van der Waals surface area contributed by atoms with Crippen LogP contribution in [-0.2, 0) is 4.74 Å². The Morgan fingerprint density at radius 3 is 3.00 bits per heavy atom. The molecule has 0 radical (unpaired) electrons. The van der Waals surface area contributed by atoms with Crippen molar-refractivity contribution in [2.75, 3.05) is 25.6 Å². The largest absolute Gasteiger partial charge is 0.497 e. The minimum absolute atomic E-state index is 0.257. The molecule has 1 N–H and O–H groups in total. The van der Waals surface area contributed by atoms with Gasteiger partial charge < -0.3 is 14.8 Å². The van der Waals surface area contributed by atoms with Crippen molar-refractivity contribution in [3.63, 3.8) is 0 Å². The minimum atomic E-state index is 0.257. The second-order valence-corrected chi connectivity index (χ2v) is 5.09. The number of anilines is 1. The molecule has 0 bridgehead atoms. The van der Waals surface area contributed by atoms with E-state index in [4.69, 9.17) is 9.47 Å². The number of methoxy groups -OCH3 is 1. The first-order chi connectivity index (χ1) is 8.72. The van der Waals surface area contributed by atoms with Gasteiger partial charge in [0.15, 0.2) is 5.13 Å². The average Bonchev–Trinajstić information content (AvgIpc) is 2.77. The predicted octanol–water partition coefficient (Wildman–Crippen LogP) is 3.14. The topological polar surface area (TPSA) is 43.4 Å². The SMILES string of the molecule is CCOCC(C)Nc1nc2ccc(OC)cc2s1. The molecule has 0 aliphatic carbocycles. The molecule has 4 nitrogen and oxygen atoms in total. The van der Waals surface area contributed by atoms with Crippen molar-refractivity contribution in [3.05, 3.63) is 18.2 Å². The summed E-state index contributed by atoms with van der Waals surface area (Å²) >= 11 is 1.63. The molecule has 1 aromatic heterocycles. The molecule has 0 aliphatic rings. The highest BCUT2D eigenvalue weighted by Gasteiger charge is 2.08. The van der Waals surface area contributed by atoms with Crippen LogP contribution in [0.4, 0.5) is 5.13 Å². The van der Waals surface area contributed by atoms with Crippen LogP contribution < -0.4 is 10.1 Å². The molecular formula is C13H18N2O2S. The standard InChI is InChI=1S/C13H18N2O2S/c1-4-17-8-9(2)14-13-15-11-6-5-10(16-3)7-12(11)18-13/h5-7,9H,4,8H2,1-3H3,(H,14,15). The number of nitrogens with one attached hydrogen (secondary N) is 1. The van der Waals surface area contributed by atoms with Crippen molar-refractivity contribution in [2.45, 2.75) is 19.9 Å². The third-order valence-corrected chi connectivity index (χ3v) is 3.49. The fraction of sp³-hybridized carbons (Fsp3) is 0.462. The highest BCUT2D eigenvalue weighted by atomic mass is 32.1. The monoisotopic (exact) mass is 266 g/mol. The smallest absolute Gasteiger partial charge is 0.184 e. The van der Waals surface area contributed by atoms with Gasteiger partial charge in [-0.1, -0.05) is 11.3 Å². The normalized spacial score (nSPS) is 12.6. The Bertz CT molecular complexity index is 513. The lowest BCUT2D eigenvalue weighted by Crippen LogP contribution is -2.21. The zero-order chi connectivity index (χ0) is 13.0. The van der Waals surface area contributed by atoms with E-state index in [1.807, 2.05) is 25.1 Å². The summed E-state index contributed by atoms with van der Waals surface area (Å²) in [7, 11) is 1.67. The highest BCUT2D eigenvalue weighted by Crippen LogP contribution is 2.29. The van der Waals surface area contributed by atoms with E-state index in [0.29, 0.717) is 6.61 Å². The maximum atomic E-state index is 5.37. The molecule has 0 saturated carbocycles. The molecule has 1 aromatic carbocycles. The molecule has 2 rings (SSSR count). The number of ether oxygens (including phenoxy) is 2. The molecule has 0 saturated heterocycles. The van der Waals surface area contributed by atoms with E-state index in [-0.39, 0.29) is 6.04 Å². The van der Waals surface area contributed by atoms with Crippen LogP contribution in [0.2, 0.25) is 0 Å². The van der Waals surface area contributed by atoms with Gasteiger partial charge in [0.05, 0.1) is 23.9 Å². The van der Waals surface area contributed by atoms with Crippen LogP contribution in [0.3, 0.4) is 0 Å². The van der Waals surface area contributed by atoms with Crippen LogP contribution in [0.1, 0.15) is 13.8 Å². The first-order valence-electron chi connectivity index (χ1n) is 6.01. The van der Waals surface area contributed by atoms with Crippen LogP contribution in [0.5, 0.6) is 5.75 Å². The van der Waals surface area contributed by atoms with E-state index in [0.717, 1.165) is 27.7 Å². The summed E-state index contributed by atoms with van der Waals surface area (Å²) in [6.45, 7) is 5.51. The number of hydrogen-bond donors (Lipinski definition) is 1. The second kappa shape index (κ2) is 6.02. The molecule has 0 fully saturated rings. The van der Waals surface area contributed by atoms with E-state index in [2.05, 4.69) is 17.2 Å². The Hall–Kier alpha value is -1.33. The summed E-state index contributed by atoms with van der Waals surface area (Å²) in [5.41, 5.74) is 0.993. The van der Waals surface area contributed by atoms with Gasteiger partial charge >= 0.3 is 0 Å². The van der Waals surface area contributed by atoms with Gasteiger partial charge in [0.1, 0.15) is 5.75 Å². The van der Waals surface area contributed by atoms with E-state index < -0.39 is 0 Å². The highest BCUT2D eigenvalue weighted by molar-refractivity contribution is 7.22. The summed E-state index contributed by atoms with van der Waals surface area (Å²) < 4.78 is 11.7. The van der Waals surface area contributed by atoms with Crippen molar-refractivity contribution in [1.29, 1.82) is 0 Å². The van der Waals surface area contributed by atoms with Crippen LogP contribution >= 0.6 is 11.3 Å². The lowest BCUT2D eigenvalue weighted by molar-refractivity contribution is 0.141. The zero-order valence-corrected chi connectivity index (χ0v) is 11.7. The van der Waals surface area contributed by atoms with E-state index >= 15 is 0 Å². The summed E-state index contributed by atoms with van der Waals surface area (Å²) in [4.78, 5) is 4.53. The molecule has 1 heterocycles. The summed E-state index contributed by atoms with van der Waals surface area (Å²) in [5, 5.41) is 4.27. The van der Waals surface area contributed by atoms with Crippen LogP contribution in [0.25, 0.3) is 10.2 Å². The first kappa shape index (κ1) is 13.1. The summed E-state index contributed by atoms with van der Waals surface area (Å²) in [6, 6.07) is 6.16. The van der Waals surface area contributed by atoms with Gasteiger partial charge in [0.25, 0.3) is 0 Å². The Labute approximate surface area is 111 Å². The van der Waals surface area contributed by atoms with Crippen molar-refractivity contribution in [1.82, 2.24) is 4.98 Å². The van der Waals surface area contributed by atoms with Gasteiger partial charge in [0, 0.05) is 12.6 Å². The third-order valence-electron chi connectivity index (χ3n) is 2.54. The van der Waals surface area contributed by atoms with Gasteiger partial charge in [-0.2, -0.15) is 0 Å². The minimum Gasteiger partial charge on any atom is -0.497 e. The van der Waals surface area contributed by atoms with Gasteiger partial charge in [-0.25, -0.2) is 4.98 Å². The zero-order valence-electron chi connectivity index (χ0n) is 10.9. The number of aromatic nitrogens is 1. The average molecular weight is 266 g/mol. The Balaban J connectivity index is 2.09. The van der Waals surface area contributed by atoms with Crippen LogP contribution in [-0.4, -0.2) is 31.3 Å². The molecule has 2 aromatic rings. The number of fused-ring (bicyclic) bond motifs is 1. The van der Waals surface area contributed by atoms with Gasteiger partial charge in [-0.3, -0.25) is 0 Å². The lowest BCUT2D eigenvalue weighted by Gasteiger charge is -2.11. The number of nitrogens with zero attached hydrogens (tertiary/aromatic N) is 1. The van der Waals surface area contributed by atoms with Gasteiger partial charge in [-0.15, -0.1) is 0 Å². The maximum absolute atomic E-state index is 5.37. The molecular weight excluding hydrogens is 248 g/mol. The number of thiazole rings is 1. The fourth-order valence-electron chi connectivity index (χ4n) is 1.64. The third kappa shape index (κ3) is 3.11. The maximum Gasteiger partial charge on any atom is 0.184 e. The molecule has 1 unspecified atom stereocenters. The molecule has 98 valence electrons. The first-order valence-corrected chi connectivity index (χ1v) is 6.83. The molecule has 18 heavy (non-hydrogen) atoms. The van der Waals surface area contributed by atoms with Crippen molar-refractivity contribution in [3.8, 4) is 5.75 Å². The van der Waals surface area contributed by atoms with Crippen LogP contribution in [0, 0.1) is 0 Å². The van der Waals surface area contributed by atoms with Crippen molar-refractivity contribution < 1.29 is 9.47 Å². The van der Waals surface area contributed by atoms with Gasteiger partial charge in [0.2, 0.25) is 0 Å². The van der Waals surface area contributed by atoms with Crippen LogP contribution in [0.15, 0.2) is 18.2 Å². The predicted molar refractivity (Wildman–Crippen MR) is 75.7 cm³/mol. The Morgan fingerprint density at radius 1 is 1.44 bits per heavy atom. The Kier molecular flexibility index (Phi) is 4.38. The lowest BCUT2D eigenvalue weighted by atomic mass is 10.3. The summed E-state index contributed by atoms with van der Waals surface area (Å²) in [5.74, 6) is 0.861. The molecule has 0 spiro atoms. The van der Waals surface area contributed by atoms with Crippen molar-refractivity contribution >= 4 is 26.7 Å². The van der Waals surface area contributed by atoms with E-state index in [9.17, 15) is 0 Å². The van der Waals surface area contributed by atoms with E-state index in [1.165, 1.54) is 0 Å². The summed E-state index contributed by atoms with van der Waals surface area (Å²) in [6.07, 6.45) is 0. The number of rotatable bonds is 6.